The third-order valence-electron chi connectivity index (χ3n) is 2.69. The summed E-state index contributed by atoms with van der Waals surface area (Å²) in [5.41, 5.74) is 1.39. The molecule has 1 N–H and O–H groups in total. The molecule has 0 aliphatic rings. The monoisotopic (exact) mass is 442 g/mol. The molecule has 21 heavy (non-hydrogen) atoms. The lowest BCUT2D eigenvalue weighted by Crippen LogP contribution is -2.34. The standard InChI is InChI=1S/C12H16Br2N2O4S/c1-8-6-9(13)12(10(14)7-8)15-21(18,19)16(2)5-4-11(17)20-3/h6-7,15H,4-5H2,1-3H3. The van der Waals surface area contributed by atoms with E-state index in [1.807, 2.05) is 6.92 Å². The summed E-state index contributed by atoms with van der Waals surface area (Å²) in [6.07, 6.45) is -0.00977. The first-order valence-corrected chi connectivity index (χ1v) is 8.96. The number of hydrogen-bond donors (Lipinski definition) is 1. The number of nitrogens with one attached hydrogen (secondary N) is 1. The normalized spacial score (nSPS) is 11.5. The number of aryl methyl sites for hydroxylation is 1. The maximum absolute atomic E-state index is 12.2. The Morgan fingerprint density at radius 3 is 2.33 bits per heavy atom. The SMILES string of the molecule is COC(=O)CCN(C)S(=O)(=O)Nc1c(Br)cc(C)cc1Br. The van der Waals surface area contributed by atoms with Crippen LogP contribution in [-0.2, 0) is 19.7 Å². The molecule has 0 amide bonds. The lowest BCUT2D eigenvalue weighted by molar-refractivity contribution is -0.140. The van der Waals surface area contributed by atoms with Crippen LogP contribution in [0, 0.1) is 6.92 Å². The van der Waals surface area contributed by atoms with Crippen molar-refractivity contribution in [3.8, 4) is 0 Å². The number of benzene rings is 1. The Kier molecular flexibility index (Phi) is 6.64. The van der Waals surface area contributed by atoms with Crippen molar-refractivity contribution in [1.29, 1.82) is 0 Å². The van der Waals surface area contributed by atoms with Gasteiger partial charge in [0.15, 0.2) is 0 Å². The van der Waals surface area contributed by atoms with Crippen molar-refractivity contribution in [3.63, 3.8) is 0 Å². The Morgan fingerprint density at radius 1 is 1.33 bits per heavy atom. The summed E-state index contributed by atoms with van der Waals surface area (Å²) in [4.78, 5) is 11.1. The van der Waals surface area contributed by atoms with Gasteiger partial charge in [0.1, 0.15) is 0 Å². The van der Waals surface area contributed by atoms with Crippen molar-refractivity contribution in [1.82, 2.24) is 4.31 Å². The minimum atomic E-state index is -3.76. The van der Waals surface area contributed by atoms with E-state index in [0.29, 0.717) is 14.6 Å². The second-order valence-corrected chi connectivity index (χ2v) is 7.84. The highest BCUT2D eigenvalue weighted by molar-refractivity contribution is 9.11. The second-order valence-electron chi connectivity index (χ2n) is 4.36. The Bertz CT molecular complexity index is 611. The molecule has 0 fully saturated rings. The summed E-state index contributed by atoms with van der Waals surface area (Å²) < 4.78 is 33.7. The molecular formula is C12H16Br2N2O4S. The molecule has 1 rings (SSSR count). The molecule has 1 aromatic rings. The molecule has 0 saturated carbocycles. The first-order valence-electron chi connectivity index (χ1n) is 5.94. The topological polar surface area (TPSA) is 75.7 Å². The molecule has 118 valence electrons. The number of esters is 1. The van der Waals surface area contributed by atoms with Crippen LogP contribution in [-0.4, -0.2) is 39.4 Å². The number of methoxy groups -OCH3 is 1. The van der Waals surface area contributed by atoms with Crippen molar-refractivity contribution >= 4 is 53.7 Å². The van der Waals surface area contributed by atoms with E-state index in [0.717, 1.165) is 9.87 Å². The van der Waals surface area contributed by atoms with Crippen molar-refractivity contribution < 1.29 is 17.9 Å². The van der Waals surface area contributed by atoms with Gasteiger partial charge in [-0.3, -0.25) is 9.52 Å². The molecule has 0 aliphatic heterocycles. The molecule has 9 heteroatoms. The highest BCUT2D eigenvalue weighted by atomic mass is 79.9. The number of ether oxygens (including phenoxy) is 1. The Hall–Kier alpha value is -0.640. The molecule has 0 atom stereocenters. The van der Waals surface area contributed by atoms with Crippen molar-refractivity contribution in [2.45, 2.75) is 13.3 Å². The van der Waals surface area contributed by atoms with E-state index >= 15 is 0 Å². The zero-order chi connectivity index (χ0) is 16.2. The lowest BCUT2D eigenvalue weighted by Gasteiger charge is -2.19. The van der Waals surface area contributed by atoms with E-state index < -0.39 is 16.2 Å². The van der Waals surface area contributed by atoms with Gasteiger partial charge in [-0.15, -0.1) is 0 Å². The Morgan fingerprint density at radius 2 is 1.86 bits per heavy atom. The summed E-state index contributed by atoms with van der Waals surface area (Å²) in [6, 6.07) is 3.61. The third-order valence-corrected chi connectivity index (χ3v) is 5.40. The minimum Gasteiger partial charge on any atom is -0.469 e. The molecular weight excluding hydrogens is 428 g/mol. The zero-order valence-electron chi connectivity index (χ0n) is 11.8. The van der Waals surface area contributed by atoms with Crippen LogP contribution >= 0.6 is 31.9 Å². The number of halogens is 2. The summed E-state index contributed by atoms with van der Waals surface area (Å²) in [6.45, 7) is 1.93. The summed E-state index contributed by atoms with van der Waals surface area (Å²) in [5, 5.41) is 0. The van der Waals surface area contributed by atoms with Crippen LogP contribution in [0.2, 0.25) is 0 Å². The first-order chi connectivity index (χ1) is 9.67. The number of anilines is 1. The van der Waals surface area contributed by atoms with Gasteiger partial charge >= 0.3 is 16.2 Å². The number of carbonyl (C=O) groups excluding carboxylic acids is 1. The van der Waals surface area contributed by atoms with E-state index in [-0.39, 0.29) is 13.0 Å². The Labute approximate surface area is 141 Å². The first kappa shape index (κ1) is 18.4. The fraction of sp³-hybridized carbons (Fsp3) is 0.417. The number of hydrogen-bond acceptors (Lipinski definition) is 4. The van der Waals surface area contributed by atoms with E-state index in [1.54, 1.807) is 12.1 Å². The van der Waals surface area contributed by atoms with Gasteiger partial charge in [0.25, 0.3) is 0 Å². The number of rotatable bonds is 6. The van der Waals surface area contributed by atoms with Crippen LogP contribution in [0.5, 0.6) is 0 Å². The molecule has 0 bridgehead atoms. The van der Waals surface area contributed by atoms with Crippen LogP contribution in [0.25, 0.3) is 0 Å². The Balaban J connectivity index is 2.88. The maximum Gasteiger partial charge on any atom is 0.306 e. The molecule has 0 saturated heterocycles. The zero-order valence-corrected chi connectivity index (χ0v) is 15.8. The average molecular weight is 444 g/mol. The van der Waals surface area contributed by atoms with Gasteiger partial charge in [-0.05, 0) is 56.5 Å². The van der Waals surface area contributed by atoms with Gasteiger partial charge in [0.2, 0.25) is 0 Å². The predicted octanol–water partition coefficient (Wildman–Crippen LogP) is 2.67. The van der Waals surface area contributed by atoms with Gasteiger partial charge < -0.3 is 4.74 Å². The second kappa shape index (κ2) is 7.57. The summed E-state index contributed by atoms with van der Waals surface area (Å²) in [7, 11) is -1.11. The third kappa shape index (κ3) is 5.24. The van der Waals surface area contributed by atoms with Crippen molar-refractivity contribution in [2.24, 2.45) is 0 Å². The molecule has 0 unspecified atom stereocenters. The van der Waals surface area contributed by atoms with Crippen LogP contribution in [0.15, 0.2) is 21.1 Å². The number of nitrogens with zero attached hydrogens (tertiary/aromatic N) is 1. The van der Waals surface area contributed by atoms with Gasteiger partial charge in [-0.25, -0.2) is 0 Å². The molecule has 0 radical (unpaired) electrons. The average Bonchev–Trinajstić information content (AvgIpc) is 2.39. The van der Waals surface area contributed by atoms with Crippen LogP contribution in [0.4, 0.5) is 5.69 Å². The predicted molar refractivity (Wildman–Crippen MR) is 88.4 cm³/mol. The highest BCUT2D eigenvalue weighted by Crippen LogP contribution is 2.33. The van der Waals surface area contributed by atoms with Crippen molar-refractivity contribution in [3.05, 3.63) is 26.6 Å². The maximum atomic E-state index is 12.2. The van der Waals surface area contributed by atoms with E-state index in [1.165, 1.54) is 14.2 Å². The molecule has 0 aromatic heterocycles. The molecule has 0 spiro atoms. The number of carbonyl (C=O) groups is 1. The molecule has 0 aliphatic carbocycles. The van der Waals surface area contributed by atoms with E-state index in [9.17, 15) is 13.2 Å². The van der Waals surface area contributed by atoms with Crippen LogP contribution in [0.1, 0.15) is 12.0 Å². The van der Waals surface area contributed by atoms with Gasteiger partial charge in [0.05, 0.1) is 19.2 Å². The smallest absolute Gasteiger partial charge is 0.306 e. The van der Waals surface area contributed by atoms with E-state index in [2.05, 4.69) is 41.3 Å². The van der Waals surface area contributed by atoms with Crippen LogP contribution in [0.3, 0.4) is 0 Å². The van der Waals surface area contributed by atoms with Crippen LogP contribution < -0.4 is 4.72 Å². The van der Waals surface area contributed by atoms with Gasteiger partial charge in [0, 0.05) is 22.5 Å². The van der Waals surface area contributed by atoms with Gasteiger partial charge in [-0.2, -0.15) is 12.7 Å². The van der Waals surface area contributed by atoms with Crippen molar-refractivity contribution in [2.75, 3.05) is 25.4 Å². The fourth-order valence-corrected chi connectivity index (χ4v) is 4.32. The lowest BCUT2D eigenvalue weighted by atomic mass is 10.2. The highest BCUT2D eigenvalue weighted by Gasteiger charge is 2.21. The van der Waals surface area contributed by atoms with Gasteiger partial charge in [-0.1, -0.05) is 0 Å². The molecule has 6 nitrogen and oxygen atoms in total. The molecule has 0 heterocycles. The quantitative estimate of drug-likeness (QED) is 0.685. The summed E-state index contributed by atoms with van der Waals surface area (Å²) in [5.74, 6) is -0.463. The van der Waals surface area contributed by atoms with E-state index in [4.69, 9.17) is 0 Å². The molecule has 1 aromatic carbocycles. The summed E-state index contributed by atoms with van der Waals surface area (Å²) >= 11 is 6.65. The minimum absolute atomic E-state index is 0.00977. The fourth-order valence-electron chi connectivity index (χ4n) is 1.48. The largest absolute Gasteiger partial charge is 0.469 e.